The highest BCUT2D eigenvalue weighted by Crippen LogP contribution is 2.29. The van der Waals surface area contributed by atoms with E-state index in [1.165, 1.54) is 6.08 Å². The zero-order valence-electron chi connectivity index (χ0n) is 14.2. The second kappa shape index (κ2) is 8.28. The highest BCUT2D eigenvalue weighted by Gasteiger charge is 2.34. The highest BCUT2D eigenvalue weighted by molar-refractivity contribution is 5.68. The van der Waals surface area contributed by atoms with E-state index in [4.69, 9.17) is 19.3 Å². The van der Waals surface area contributed by atoms with Crippen LogP contribution in [0.25, 0.3) is 0 Å². The second-order valence-electron chi connectivity index (χ2n) is 6.17. The van der Waals surface area contributed by atoms with Crippen molar-refractivity contribution in [3.05, 3.63) is 48.0 Å². The standard InChI is InChI=1S/C18H25NO5/c1-4-9-22-17(21)19-16(10-15-12-23-18(2,3)24-15)14-7-5-13(11-20)6-8-14/h4-8,15-16,20H,1,9-12H2,2-3H3,(H,19,21)/t15-,16?/m1/s1. The number of alkyl carbamates (subject to hydrolysis) is 1. The molecule has 1 aliphatic heterocycles. The van der Waals surface area contributed by atoms with Crippen LogP contribution in [0.3, 0.4) is 0 Å². The predicted octanol–water partition coefficient (Wildman–Crippen LogP) is 2.67. The fourth-order valence-corrected chi connectivity index (χ4v) is 2.59. The summed E-state index contributed by atoms with van der Waals surface area (Å²) in [6.07, 6.45) is 1.44. The molecule has 1 amide bonds. The molecule has 0 aromatic heterocycles. The van der Waals surface area contributed by atoms with Crippen LogP contribution < -0.4 is 5.32 Å². The number of ether oxygens (including phenoxy) is 3. The van der Waals surface area contributed by atoms with Crippen molar-refractivity contribution in [1.29, 1.82) is 0 Å². The quantitative estimate of drug-likeness (QED) is 0.749. The number of hydrogen-bond acceptors (Lipinski definition) is 5. The minimum Gasteiger partial charge on any atom is -0.445 e. The number of rotatable bonds is 7. The van der Waals surface area contributed by atoms with Crippen molar-refractivity contribution in [2.45, 2.75) is 44.8 Å². The summed E-state index contributed by atoms with van der Waals surface area (Å²) in [5, 5.41) is 12.0. The van der Waals surface area contributed by atoms with Gasteiger partial charge in [-0.05, 0) is 25.0 Å². The summed E-state index contributed by atoms with van der Waals surface area (Å²) in [5.74, 6) is -0.612. The third kappa shape index (κ3) is 5.33. The normalized spacial score (nSPS) is 20.4. The molecule has 1 unspecified atom stereocenters. The fourth-order valence-electron chi connectivity index (χ4n) is 2.59. The Morgan fingerprint density at radius 1 is 1.50 bits per heavy atom. The van der Waals surface area contributed by atoms with E-state index in [0.29, 0.717) is 13.0 Å². The second-order valence-corrected chi connectivity index (χ2v) is 6.17. The molecule has 0 saturated carbocycles. The first-order chi connectivity index (χ1) is 11.4. The molecule has 132 valence electrons. The summed E-state index contributed by atoms with van der Waals surface area (Å²) in [7, 11) is 0. The van der Waals surface area contributed by atoms with E-state index in [9.17, 15) is 4.79 Å². The van der Waals surface area contributed by atoms with Crippen molar-refractivity contribution in [3.8, 4) is 0 Å². The van der Waals surface area contributed by atoms with Gasteiger partial charge in [-0.25, -0.2) is 4.79 Å². The van der Waals surface area contributed by atoms with Gasteiger partial charge in [-0.3, -0.25) is 0 Å². The maximum absolute atomic E-state index is 11.9. The van der Waals surface area contributed by atoms with E-state index in [0.717, 1.165) is 11.1 Å². The van der Waals surface area contributed by atoms with Crippen molar-refractivity contribution in [1.82, 2.24) is 5.32 Å². The first-order valence-electron chi connectivity index (χ1n) is 7.99. The molecule has 2 N–H and O–H groups in total. The van der Waals surface area contributed by atoms with Gasteiger partial charge in [-0.2, -0.15) is 0 Å². The number of hydrogen-bond donors (Lipinski definition) is 2. The largest absolute Gasteiger partial charge is 0.445 e. The van der Waals surface area contributed by atoms with Crippen LogP contribution in [0.2, 0.25) is 0 Å². The first kappa shape index (κ1) is 18.4. The van der Waals surface area contributed by atoms with Crippen LogP contribution in [0, 0.1) is 0 Å². The van der Waals surface area contributed by atoms with Crippen molar-refractivity contribution < 1.29 is 24.1 Å². The Morgan fingerprint density at radius 2 is 2.21 bits per heavy atom. The van der Waals surface area contributed by atoms with E-state index in [1.807, 2.05) is 38.1 Å². The lowest BCUT2D eigenvalue weighted by Gasteiger charge is -2.23. The van der Waals surface area contributed by atoms with Crippen LogP contribution in [-0.2, 0) is 20.8 Å². The molecule has 1 saturated heterocycles. The lowest BCUT2D eigenvalue weighted by molar-refractivity contribution is -0.139. The van der Waals surface area contributed by atoms with Gasteiger partial charge in [0.15, 0.2) is 5.79 Å². The van der Waals surface area contributed by atoms with Crippen LogP contribution in [0.5, 0.6) is 0 Å². The van der Waals surface area contributed by atoms with Gasteiger partial charge in [-0.15, -0.1) is 0 Å². The van der Waals surface area contributed by atoms with E-state index < -0.39 is 11.9 Å². The van der Waals surface area contributed by atoms with Crippen molar-refractivity contribution in [2.24, 2.45) is 0 Å². The molecule has 1 aromatic rings. The van der Waals surface area contributed by atoms with E-state index in [2.05, 4.69) is 11.9 Å². The lowest BCUT2D eigenvalue weighted by atomic mass is 9.99. The zero-order chi connectivity index (χ0) is 17.6. The van der Waals surface area contributed by atoms with E-state index >= 15 is 0 Å². The van der Waals surface area contributed by atoms with E-state index in [-0.39, 0.29) is 25.4 Å². The number of aliphatic hydroxyl groups is 1. The van der Waals surface area contributed by atoms with Crippen LogP contribution >= 0.6 is 0 Å². The third-order valence-electron chi connectivity index (χ3n) is 3.75. The monoisotopic (exact) mass is 335 g/mol. The Labute approximate surface area is 142 Å². The van der Waals surface area contributed by atoms with Crippen LogP contribution in [-0.4, -0.2) is 36.3 Å². The summed E-state index contributed by atoms with van der Waals surface area (Å²) >= 11 is 0. The van der Waals surface area contributed by atoms with Crippen molar-refractivity contribution >= 4 is 6.09 Å². The minimum absolute atomic E-state index is 0.0203. The Bertz CT molecular complexity index is 555. The fraction of sp³-hybridized carbons (Fsp3) is 0.500. The Morgan fingerprint density at radius 3 is 2.75 bits per heavy atom. The summed E-state index contributed by atoms with van der Waals surface area (Å²) in [6.45, 7) is 7.86. The minimum atomic E-state index is -0.612. The topological polar surface area (TPSA) is 77.0 Å². The Balaban J connectivity index is 2.07. The van der Waals surface area contributed by atoms with Crippen LogP contribution in [0.15, 0.2) is 36.9 Å². The predicted molar refractivity (Wildman–Crippen MR) is 89.3 cm³/mol. The summed E-state index contributed by atoms with van der Waals surface area (Å²) in [4.78, 5) is 11.9. The summed E-state index contributed by atoms with van der Waals surface area (Å²) in [5.41, 5.74) is 1.73. The average Bonchev–Trinajstić information content (AvgIpc) is 2.91. The first-order valence-corrected chi connectivity index (χ1v) is 7.99. The Kier molecular flexibility index (Phi) is 6.36. The van der Waals surface area contributed by atoms with Gasteiger partial charge in [0.05, 0.1) is 25.4 Å². The van der Waals surface area contributed by atoms with Gasteiger partial charge in [0.1, 0.15) is 6.61 Å². The van der Waals surface area contributed by atoms with Gasteiger partial charge < -0.3 is 24.6 Å². The summed E-state index contributed by atoms with van der Waals surface area (Å²) in [6, 6.07) is 7.14. The Hall–Kier alpha value is -1.89. The number of carbonyl (C=O) groups is 1. The molecule has 0 aliphatic carbocycles. The molecule has 24 heavy (non-hydrogen) atoms. The lowest BCUT2D eigenvalue weighted by Crippen LogP contribution is -2.32. The molecule has 2 atom stereocenters. The van der Waals surface area contributed by atoms with Crippen LogP contribution in [0.1, 0.15) is 37.4 Å². The molecule has 0 bridgehead atoms. The maximum atomic E-state index is 11.9. The van der Waals surface area contributed by atoms with Gasteiger partial charge in [-0.1, -0.05) is 36.9 Å². The number of carbonyl (C=O) groups excluding carboxylic acids is 1. The molecule has 1 aromatic carbocycles. The maximum Gasteiger partial charge on any atom is 0.407 e. The van der Waals surface area contributed by atoms with Gasteiger partial charge in [0.2, 0.25) is 0 Å². The number of amides is 1. The van der Waals surface area contributed by atoms with Crippen molar-refractivity contribution in [3.63, 3.8) is 0 Å². The van der Waals surface area contributed by atoms with Gasteiger partial charge in [0.25, 0.3) is 0 Å². The van der Waals surface area contributed by atoms with Crippen LogP contribution in [0.4, 0.5) is 4.79 Å². The molecule has 1 heterocycles. The third-order valence-corrected chi connectivity index (χ3v) is 3.75. The smallest absolute Gasteiger partial charge is 0.407 e. The molecule has 6 heteroatoms. The molecule has 6 nitrogen and oxygen atoms in total. The molecule has 0 radical (unpaired) electrons. The van der Waals surface area contributed by atoms with E-state index in [1.54, 1.807) is 0 Å². The number of benzene rings is 1. The van der Waals surface area contributed by atoms with Crippen molar-refractivity contribution in [2.75, 3.05) is 13.2 Å². The molecular weight excluding hydrogens is 310 g/mol. The SMILES string of the molecule is C=CCOC(=O)NC(C[C@@H]1COC(C)(C)O1)c1ccc(CO)cc1. The highest BCUT2D eigenvalue weighted by atomic mass is 16.7. The summed E-state index contributed by atoms with van der Waals surface area (Å²) < 4.78 is 16.4. The van der Waals surface area contributed by atoms with Gasteiger partial charge in [0, 0.05) is 6.42 Å². The molecule has 1 aliphatic rings. The molecule has 2 rings (SSSR count). The average molecular weight is 335 g/mol. The molecule has 1 fully saturated rings. The number of nitrogens with one attached hydrogen (secondary N) is 1. The zero-order valence-corrected chi connectivity index (χ0v) is 14.2. The van der Waals surface area contributed by atoms with Gasteiger partial charge >= 0.3 is 6.09 Å². The number of aliphatic hydroxyl groups excluding tert-OH is 1. The molecular formula is C18H25NO5. The molecule has 0 spiro atoms.